The Morgan fingerprint density at radius 1 is 0.750 bits per heavy atom. The molecule has 4 rings (SSSR count). The molecule has 0 bridgehead atoms. The van der Waals surface area contributed by atoms with Crippen molar-refractivity contribution in [1.82, 2.24) is 0 Å². The molecule has 0 spiro atoms. The van der Waals surface area contributed by atoms with Gasteiger partial charge in [-0.1, -0.05) is 38.2 Å². The molecule has 0 unspecified atom stereocenters. The summed E-state index contributed by atoms with van der Waals surface area (Å²) in [6.45, 7) is 4.37. The second-order valence-corrected chi connectivity index (χ2v) is 5.61. The van der Waals surface area contributed by atoms with Gasteiger partial charge in [-0.05, 0) is 36.1 Å². The first-order valence-electron chi connectivity index (χ1n) is 7.71. The number of hydrogen-bond donors (Lipinski definition) is 0. The Kier molecular flexibility index (Phi) is 7.59. The molecular formula is C19H18Cl2N2Zr. The maximum atomic E-state index is 4.77. The molecular weight excluding hydrogens is 418 g/mol. The van der Waals surface area contributed by atoms with Crippen LogP contribution in [0.15, 0.2) is 80.1 Å². The third-order valence-electron chi connectivity index (χ3n) is 4.47. The predicted molar refractivity (Wildman–Crippen MR) is 88.6 cm³/mol. The monoisotopic (exact) mass is 434 g/mol. The summed E-state index contributed by atoms with van der Waals surface area (Å²) in [5.74, 6) is 0. The Hall–Kier alpha value is -0.757. The summed E-state index contributed by atoms with van der Waals surface area (Å²) in [7, 11) is 0. The van der Waals surface area contributed by atoms with Gasteiger partial charge in [0, 0.05) is 29.0 Å². The van der Waals surface area contributed by atoms with Crippen LogP contribution in [-0.2, 0) is 26.2 Å². The number of nitrogens with zero attached hydrogens (tertiary/aromatic N) is 2. The van der Waals surface area contributed by atoms with Crippen LogP contribution in [0.5, 0.6) is 0 Å². The summed E-state index contributed by atoms with van der Waals surface area (Å²) in [5, 5.41) is 0. The molecule has 0 aromatic rings. The fraction of sp³-hybridized carbons (Fsp3) is 0.263. The normalized spacial score (nSPS) is 19.1. The molecule has 2 nitrogen and oxygen atoms in total. The van der Waals surface area contributed by atoms with Crippen LogP contribution in [0.2, 0.25) is 0 Å². The minimum absolute atomic E-state index is 0. The first-order valence-corrected chi connectivity index (χ1v) is 7.71. The summed E-state index contributed by atoms with van der Waals surface area (Å²) in [5.41, 5.74) is 10.2. The van der Waals surface area contributed by atoms with Gasteiger partial charge in [-0.25, -0.2) is 0 Å². The third-order valence-corrected chi connectivity index (χ3v) is 4.47. The average molecular weight is 436 g/mol. The van der Waals surface area contributed by atoms with Gasteiger partial charge in [0.05, 0.1) is 11.4 Å². The van der Waals surface area contributed by atoms with Crippen LogP contribution in [0.1, 0.15) is 33.1 Å². The zero-order valence-corrected chi connectivity index (χ0v) is 17.7. The van der Waals surface area contributed by atoms with Gasteiger partial charge in [0.15, 0.2) is 0 Å². The molecule has 0 amide bonds. The summed E-state index contributed by atoms with van der Waals surface area (Å²) in [6.07, 6.45) is 15.7. The van der Waals surface area contributed by atoms with E-state index in [1.54, 1.807) is 0 Å². The smallest absolute Gasteiger partial charge is 1.00 e. The number of hydrogen-bond acceptors (Lipinski definition) is 2. The molecule has 0 fully saturated rings. The fourth-order valence-corrected chi connectivity index (χ4v) is 3.42. The van der Waals surface area contributed by atoms with Crippen molar-refractivity contribution in [1.29, 1.82) is 0 Å². The Bertz CT molecular complexity index is 724. The van der Waals surface area contributed by atoms with Gasteiger partial charge in [-0.2, -0.15) is 0 Å². The molecule has 0 N–H and O–H groups in total. The van der Waals surface area contributed by atoms with Crippen molar-refractivity contribution in [3.63, 3.8) is 0 Å². The van der Waals surface area contributed by atoms with Crippen LogP contribution in [-0.4, -0.2) is 11.4 Å². The van der Waals surface area contributed by atoms with Crippen molar-refractivity contribution in [2.75, 3.05) is 0 Å². The maximum Gasteiger partial charge on any atom is 2.00 e. The first kappa shape index (κ1) is 21.3. The quantitative estimate of drug-likeness (QED) is 0.519. The van der Waals surface area contributed by atoms with Crippen LogP contribution in [0.25, 0.3) is 0 Å². The molecule has 2 aliphatic carbocycles. The topological polar surface area (TPSA) is 24.7 Å². The average Bonchev–Trinajstić information content (AvgIpc) is 3.21. The fourth-order valence-electron chi connectivity index (χ4n) is 3.42. The van der Waals surface area contributed by atoms with Crippen LogP contribution in [0.3, 0.4) is 0 Å². The maximum absolute atomic E-state index is 4.77. The van der Waals surface area contributed by atoms with Crippen LogP contribution in [0.4, 0.5) is 0 Å². The second-order valence-electron chi connectivity index (χ2n) is 5.61. The molecule has 2 aliphatic heterocycles. The van der Waals surface area contributed by atoms with Crippen molar-refractivity contribution >= 4 is 11.4 Å². The molecule has 122 valence electrons. The molecule has 0 saturated heterocycles. The number of rotatable bonds is 4. The number of aliphatic imine (C=N–C) groups is 2. The van der Waals surface area contributed by atoms with Gasteiger partial charge < -0.3 is 24.8 Å². The standard InChI is InChI=1S/C19H18N2.2ClH.Zr/c1-3-16-14(12-7-5-9-18(12)20-16)11-15-13-8-6-10-19(13)21-17(15)4-2;;;/h5-10H,3-4,11H2,1-2H3;2*1H;/q;;;+2/p-2. The number of allylic oxidation sites excluding steroid dienone is 8. The molecule has 0 radical (unpaired) electrons. The van der Waals surface area contributed by atoms with E-state index in [9.17, 15) is 0 Å². The number of halogens is 2. The van der Waals surface area contributed by atoms with Crippen molar-refractivity contribution in [2.24, 2.45) is 9.98 Å². The minimum atomic E-state index is 0. The van der Waals surface area contributed by atoms with Crippen molar-refractivity contribution in [2.45, 2.75) is 33.1 Å². The summed E-state index contributed by atoms with van der Waals surface area (Å²) in [6, 6.07) is 0. The Balaban J connectivity index is 0.000000960. The molecule has 24 heavy (non-hydrogen) atoms. The van der Waals surface area contributed by atoms with Gasteiger partial charge in [0.1, 0.15) is 0 Å². The Morgan fingerprint density at radius 2 is 1.17 bits per heavy atom. The zero-order chi connectivity index (χ0) is 14.4. The summed E-state index contributed by atoms with van der Waals surface area (Å²) >= 11 is 0. The minimum Gasteiger partial charge on any atom is -1.00 e. The molecule has 0 aromatic heterocycles. The number of fused-ring (bicyclic) bond motifs is 2. The van der Waals surface area contributed by atoms with Crippen LogP contribution < -0.4 is 24.8 Å². The van der Waals surface area contributed by atoms with E-state index in [1.807, 2.05) is 0 Å². The Labute approximate surface area is 174 Å². The van der Waals surface area contributed by atoms with Gasteiger partial charge in [-0.15, -0.1) is 0 Å². The van der Waals surface area contributed by atoms with E-state index in [-0.39, 0.29) is 51.0 Å². The third kappa shape index (κ3) is 3.32. The van der Waals surface area contributed by atoms with E-state index in [1.165, 1.54) is 33.7 Å². The van der Waals surface area contributed by atoms with Crippen LogP contribution in [0, 0.1) is 0 Å². The van der Waals surface area contributed by atoms with E-state index < -0.39 is 0 Å². The molecule has 4 aliphatic rings. The van der Waals surface area contributed by atoms with E-state index in [0.29, 0.717) is 0 Å². The predicted octanol–water partition coefficient (Wildman–Crippen LogP) is -1.39. The van der Waals surface area contributed by atoms with Gasteiger partial charge in [-0.3, -0.25) is 9.98 Å². The van der Waals surface area contributed by atoms with Crippen molar-refractivity contribution in [3.8, 4) is 0 Å². The molecule has 5 heteroatoms. The summed E-state index contributed by atoms with van der Waals surface area (Å²) < 4.78 is 0. The summed E-state index contributed by atoms with van der Waals surface area (Å²) in [4.78, 5) is 9.55. The molecule has 0 aromatic carbocycles. The van der Waals surface area contributed by atoms with Gasteiger partial charge >= 0.3 is 26.2 Å². The first-order chi connectivity index (χ1) is 10.3. The van der Waals surface area contributed by atoms with Crippen LogP contribution >= 0.6 is 0 Å². The Morgan fingerprint density at radius 3 is 1.54 bits per heavy atom. The largest absolute Gasteiger partial charge is 2.00 e. The zero-order valence-electron chi connectivity index (χ0n) is 13.7. The van der Waals surface area contributed by atoms with E-state index >= 15 is 0 Å². The molecule has 2 heterocycles. The van der Waals surface area contributed by atoms with E-state index in [0.717, 1.165) is 30.7 Å². The molecule has 0 saturated carbocycles. The van der Waals surface area contributed by atoms with E-state index in [4.69, 9.17) is 9.98 Å². The van der Waals surface area contributed by atoms with Gasteiger partial charge in [0.25, 0.3) is 0 Å². The van der Waals surface area contributed by atoms with Crippen molar-refractivity contribution < 1.29 is 51.0 Å². The van der Waals surface area contributed by atoms with Gasteiger partial charge in [0.2, 0.25) is 0 Å². The van der Waals surface area contributed by atoms with E-state index in [2.05, 4.69) is 50.3 Å². The molecule has 0 atom stereocenters. The second kappa shape index (κ2) is 8.56. The SMILES string of the molecule is CCC1=NC2=CC=CC2=C1CC1=C2C=CC=C2N=C1CC.[Cl-].[Cl-].[Zr+2]. The van der Waals surface area contributed by atoms with Crippen molar-refractivity contribution in [3.05, 3.63) is 70.1 Å².